The molecule has 1 aliphatic rings. The van der Waals surface area contributed by atoms with Gasteiger partial charge < -0.3 is 14.8 Å². The van der Waals surface area contributed by atoms with Crippen molar-refractivity contribution in [2.45, 2.75) is 19.4 Å². The Kier molecular flexibility index (Phi) is 4.23. The average Bonchev–Trinajstić information content (AvgIpc) is 2.56. The van der Waals surface area contributed by atoms with E-state index in [2.05, 4.69) is 10.3 Å². The highest BCUT2D eigenvalue weighted by molar-refractivity contribution is 5.96. The van der Waals surface area contributed by atoms with Crippen LogP contribution < -0.4 is 14.8 Å². The van der Waals surface area contributed by atoms with Gasteiger partial charge in [0.1, 0.15) is 11.3 Å². The van der Waals surface area contributed by atoms with E-state index in [-0.39, 0.29) is 11.9 Å². The molecule has 0 radical (unpaired) electrons. The second kappa shape index (κ2) is 6.47. The van der Waals surface area contributed by atoms with E-state index in [0.29, 0.717) is 24.7 Å². The maximum Gasteiger partial charge on any atom is 0.257 e. The maximum atomic E-state index is 12.5. The highest BCUT2D eigenvalue weighted by Crippen LogP contribution is 2.32. The van der Waals surface area contributed by atoms with Gasteiger partial charge in [-0.3, -0.25) is 4.79 Å². The van der Waals surface area contributed by atoms with Crippen molar-refractivity contribution in [3.05, 3.63) is 53.7 Å². The molecular formula is C17H18N2O3. The molecule has 0 fully saturated rings. The van der Waals surface area contributed by atoms with E-state index in [1.54, 1.807) is 18.3 Å². The summed E-state index contributed by atoms with van der Waals surface area (Å²) in [4.78, 5) is 16.7. The molecule has 2 heterocycles. The number of aromatic nitrogens is 1. The number of fused-ring (bicyclic) bond motifs is 1. The smallest absolute Gasteiger partial charge is 0.257 e. The largest absolute Gasteiger partial charge is 0.493 e. The normalized spacial score (nSPS) is 16.3. The second-order valence-electron chi connectivity index (χ2n) is 4.99. The van der Waals surface area contributed by atoms with Gasteiger partial charge in [0, 0.05) is 18.2 Å². The van der Waals surface area contributed by atoms with Crippen LogP contribution in [0.5, 0.6) is 11.6 Å². The number of pyridine rings is 1. The van der Waals surface area contributed by atoms with Crippen LogP contribution in [0.25, 0.3) is 0 Å². The molecule has 1 atom stereocenters. The number of hydrogen-bond acceptors (Lipinski definition) is 4. The fourth-order valence-corrected chi connectivity index (χ4v) is 2.54. The Hall–Kier alpha value is -2.56. The molecular weight excluding hydrogens is 280 g/mol. The standard InChI is InChI=1S/C17H18N2O3/c1-2-21-17-13(7-5-10-18-17)16(20)19-14-9-11-22-15-8-4-3-6-12(14)15/h3-8,10,14H,2,9,11H2,1H3,(H,19,20). The molecule has 1 amide bonds. The van der Waals surface area contributed by atoms with E-state index in [1.807, 2.05) is 31.2 Å². The van der Waals surface area contributed by atoms with Crippen molar-refractivity contribution in [1.82, 2.24) is 10.3 Å². The zero-order valence-electron chi connectivity index (χ0n) is 12.4. The molecule has 0 spiro atoms. The van der Waals surface area contributed by atoms with E-state index in [0.717, 1.165) is 17.7 Å². The summed E-state index contributed by atoms with van der Waals surface area (Å²) in [5, 5.41) is 3.05. The minimum absolute atomic E-state index is 0.0628. The Morgan fingerprint density at radius 2 is 2.23 bits per heavy atom. The molecule has 0 saturated carbocycles. The van der Waals surface area contributed by atoms with Crippen LogP contribution in [0.3, 0.4) is 0 Å². The number of carbonyl (C=O) groups excluding carboxylic acids is 1. The molecule has 5 heteroatoms. The van der Waals surface area contributed by atoms with Crippen LogP contribution in [0.15, 0.2) is 42.6 Å². The molecule has 114 valence electrons. The molecule has 0 aliphatic carbocycles. The fraction of sp³-hybridized carbons (Fsp3) is 0.294. The minimum Gasteiger partial charge on any atom is -0.493 e. The minimum atomic E-state index is -0.182. The summed E-state index contributed by atoms with van der Waals surface area (Å²) in [6.07, 6.45) is 2.36. The number of nitrogens with zero attached hydrogens (tertiary/aromatic N) is 1. The predicted molar refractivity (Wildman–Crippen MR) is 82.2 cm³/mol. The number of hydrogen-bond donors (Lipinski definition) is 1. The molecule has 22 heavy (non-hydrogen) atoms. The Morgan fingerprint density at radius 3 is 3.09 bits per heavy atom. The lowest BCUT2D eigenvalue weighted by Crippen LogP contribution is -2.32. The SMILES string of the molecule is CCOc1ncccc1C(=O)NC1CCOc2ccccc21. The summed E-state index contributed by atoms with van der Waals surface area (Å²) in [5.74, 6) is 1.01. The van der Waals surface area contributed by atoms with Gasteiger partial charge in [-0.25, -0.2) is 4.98 Å². The number of benzene rings is 1. The van der Waals surface area contributed by atoms with Gasteiger partial charge in [0.15, 0.2) is 0 Å². The first-order valence-corrected chi connectivity index (χ1v) is 7.40. The predicted octanol–water partition coefficient (Wildman–Crippen LogP) is 2.73. The second-order valence-corrected chi connectivity index (χ2v) is 4.99. The van der Waals surface area contributed by atoms with Gasteiger partial charge in [-0.05, 0) is 25.1 Å². The van der Waals surface area contributed by atoms with Crippen LogP contribution in [0.2, 0.25) is 0 Å². The van der Waals surface area contributed by atoms with Gasteiger partial charge in [0.25, 0.3) is 5.91 Å². The Balaban J connectivity index is 1.81. The lowest BCUT2D eigenvalue weighted by atomic mass is 10.0. The Morgan fingerprint density at radius 1 is 1.36 bits per heavy atom. The van der Waals surface area contributed by atoms with Crippen molar-refractivity contribution in [3.8, 4) is 11.6 Å². The van der Waals surface area contributed by atoms with Crippen LogP contribution in [-0.4, -0.2) is 24.1 Å². The van der Waals surface area contributed by atoms with Gasteiger partial charge in [0.05, 0.1) is 19.3 Å². The monoisotopic (exact) mass is 298 g/mol. The van der Waals surface area contributed by atoms with E-state index in [1.165, 1.54) is 0 Å². The van der Waals surface area contributed by atoms with Gasteiger partial charge in [-0.15, -0.1) is 0 Å². The highest BCUT2D eigenvalue weighted by Gasteiger charge is 2.24. The van der Waals surface area contributed by atoms with Crippen LogP contribution in [0.1, 0.15) is 35.3 Å². The summed E-state index contributed by atoms with van der Waals surface area (Å²) in [5.41, 5.74) is 1.46. The Bertz CT molecular complexity index is 672. The molecule has 0 saturated heterocycles. The zero-order chi connectivity index (χ0) is 15.4. The lowest BCUT2D eigenvalue weighted by molar-refractivity contribution is 0.0920. The van der Waals surface area contributed by atoms with Crippen LogP contribution >= 0.6 is 0 Å². The molecule has 1 aromatic heterocycles. The van der Waals surface area contributed by atoms with Crippen molar-refractivity contribution >= 4 is 5.91 Å². The number of ether oxygens (including phenoxy) is 2. The fourth-order valence-electron chi connectivity index (χ4n) is 2.54. The van der Waals surface area contributed by atoms with Crippen molar-refractivity contribution in [2.75, 3.05) is 13.2 Å². The van der Waals surface area contributed by atoms with Crippen molar-refractivity contribution in [2.24, 2.45) is 0 Å². The van der Waals surface area contributed by atoms with Crippen LogP contribution in [0.4, 0.5) is 0 Å². The third-order valence-electron chi connectivity index (χ3n) is 3.56. The van der Waals surface area contributed by atoms with Crippen LogP contribution in [0, 0.1) is 0 Å². The van der Waals surface area contributed by atoms with E-state index >= 15 is 0 Å². The summed E-state index contributed by atoms with van der Waals surface area (Å²) >= 11 is 0. The van der Waals surface area contributed by atoms with Crippen LogP contribution in [-0.2, 0) is 0 Å². The quantitative estimate of drug-likeness (QED) is 0.943. The molecule has 3 rings (SSSR count). The molecule has 2 aromatic rings. The number of carbonyl (C=O) groups is 1. The molecule has 1 aliphatic heterocycles. The zero-order valence-corrected chi connectivity index (χ0v) is 12.4. The number of amides is 1. The third-order valence-corrected chi connectivity index (χ3v) is 3.56. The number of nitrogens with one attached hydrogen (secondary N) is 1. The van der Waals surface area contributed by atoms with E-state index < -0.39 is 0 Å². The third kappa shape index (κ3) is 2.88. The number of para-hydroxylation sites is 1. The molecule has 1 N–H and O–H groups in total. The summed E-state index contributed by atoms with van der Waals surface area (Å²) < 4.78 is 11.0. The summed E-state index contributed by atoms with van der Waals surface area (Å²) in [6, 6.07) is 11.2. The summed E-state index contributed by atoms with van der Waals surface area (Å²) in [7, 11) is 0. The lowest BCUT2D eigenvalue weighted by Gasteiger charge is -2.26. The maximum absolute atomic E-state index is 12.5. The van der Waals surface area contributed by atoms with Crippen molar-refractivity contribution in [3.63, 3.8) is 0 Å². The topological polar surface area (TPSA) is 60.5 Å². The first kappa shape index (κ1) is 14.4. The first-order valence-electron chi connectivity index (χ1n) is 7.40. The van der Waals surface area contributed by atoms with Crippen molar-refractivity contribution < 1.29 is 14.3 Å². The van der Waals surface area contributed by atoms with E-state index in [9.17, 15) is 4.79 Å². The number of rotatable bonds is 4. The van der Waals surface area contributed by atoms with E-state index in [4.69, 9.17) is 9.47 Å². The molecule has 5 nitrogen and oxygen atoms in total. The average molecular weight is 298 g/mol. The van der Waals surface area contributed by atoms with Gasteiger partial charge in [0.2, 0.25) is 5.88 Å². The Labute approximate surface area is 129 Å². The van der Waals surface area contributed by atoms with Gasteiger partial charge in [-0.2, -0.15) is 0 Å². The molecule has 1 unspecified atom stereocenters. The van der Waals surface area contributed by atoms with Crippen molar-refractivity contribution in [1.29, 1.82) is 0 Å². The van der Waals surface area contributed by atoms with Gasteiger partial charge in [-0.1, -0.05) is 18.2 Å². The molecule has 0 bridgehead atoms. The highest BCUT2D eigenvalue weighted by atomic mass is 16.5. The molecule has 1 aromatic carbocycles. The van der Waals surface area contributed by atoms with Gasteiger partial charge >= 0.3 is 0 Å². The first-order chi connectivity index (χ1) is 10.8. The summed E-state index contributed by atoms with van der Waals surface area (Å²) in [6.45, 7) is 2.93.